The number of hydrogen-bond acceptors (Lipinski definition) is 5. The minimum absolute atomic E-state index is 0.0522. The molecule has 118 valence electrons. The van der Waals surface area contributed by atoms with Crippen LogP contribution in [0.4, 0.5) is 0 Å². The van der Waals surface area contributed by atoms with Crippen LogP contribution in [0.2, 0.25) is 0 Å². The van der Waals surface area contributed by atoms with Crippen LogP contribution in [-0.2, 0) is 9.39 Å². The monoisotopic (exact) mass is 304 g/mol. The molecule has 0 saturated heterocycles. The van der Waals surface area contributed by atoms with Crippen LogP contribution in [0, 0.1) is 0 Å². The van der Waals surface area contributed by atoms with Gasteiger partial charge in [0.05, 0.1) is 19.3 Å². The molecule has 1 aromatic carbocycles. The van der Waals surface area contributed by atoms with Gasteiger partial charge in [0.1, 0.15) is 12.4 Å². The van der Waals surface area contributed by atoms with E-state index < -0.39 is 7.12 Å². The Balaban J connectivity index is 2.14. The molecule has 1 heterocycles. The number of rotatable bonds is 7. The van der Waals surface area contributed by atoms with Crippen LogP contribution >= 0.6 is 0 Å². The van der Waals surface area contributed by atoms with Crippen molar-refractivity contribution in [1.82, 2.24) is 0 Å². The van der Waals surface area contributed by atoms with E-state index >= 15 is 0 Å². The molecular formula is C16H21BO5. The summed E-state index contributed by atoms with van der Waals surface area (Å²) in [6, 6.07) is 7.47. The molecule has 1 atom stereocenters. The van der Waals surface area contributed by atoms with E-state index in [4.69, 9.17) is 19.2 Å². The highest BCUT2D eigenvalue weighted by molar-refractivity contribution is 6.54. The van der Waals surface area contributed by atoms with Crippen molar-refractivity contribution in [2.24, 2.45) is 0 Å². The van der Waals surface area contributed by atoms with Gasteiger partial charge in [0.15, 0.2) is 0 Å². The summed E-state index contributed by atoms with van der Waals surface area (Å²) in [6.45, 7) is 4.41. The van der Waals surface area contributed by atoms with Crippen LogP contribution in [0.15, 0.2) is 48.0 Å². The van der Waals surface area contributed by atoms with E-state index in [9.17, 15) is 5.02 Å². The number of hydrogen-bond donors (Lipinski definition) is 2. The number of para-hydroxylation sites is 1. The Morgan fingerprint density at radius 2 is 2.23 bits per heavy atom. The second-order valence-corrected chi connectivity index (χ2v) is 5.02. The summed E-state index contributed by atoms with van der Waals surface area (Å²) in [6.07, 6.45) is 2.22. The third-order valence-corrected chi connectivity index (χ3v) is 3.45. The average Bonchev–Trinajstić information content (AvgIpc) is 2.53. The molecule has 0 bridgehead atoms. The zero-order chi connectivity index (χ0) is 15.9. The number of ether oxygens (including phenoxy) is 2. The summed E-state index contributed by atoms with van der Waals surface area (Å²) >= 11 is 0. The molecule has 0 spiro atoms. The van der Waals surface area contributed by atoms with Gasteiger partial charge in [-0.2, -0.15) is 0 Å². The molecule has 2 N–H and O–H groups in total. The molecule has 0 amide bonds. The van der Waals surface area contributed by atoms with Crippen molar-refractivity contribution in [3.8, 4) is 5.75 Å². The van der Waals surface area contributed by atoms with E-state index in [0.717, 1.165) is 5.56 Å². The normalized spacial score (nSPS) is 18.0. The van der Waals surface area contributed by atoms with Crippen LogP contribution in [0.5, 0.6) is 5.75 Å². The molecule has 1 aromatic rings. The summed E-state index contributed by atoms with van der Waals surface area (Å²) in [4.78, 5) is 0. The van der Waals surface area contributed by atoms with E-state index in [1.165, 1.54) is 0 Å². The number of aliphatic hydroxyl groups is 1. The first kappa shape index (κ1) is 16.8. The molecule has 0 saturated carbocycles. The molecule has 6 heteroatoms. The highest BCUT2D eigenvalue weighted by atomic mass is 16.5. The fraction of sp³-hybridized carbons (Fsp3) is 0.375. The minimum atomic E-state index is -1.03. The standard InChI is InChI=1S/C16H21BO5/c1-12(11-20-2)14-7-8-16(22-17(14)19)13-5-3-4-6-15(13)21-10-9-18/h3-7,16,18-19H,1,8-11H2,2H3/t16-/m1/s1. The van der Waals surface area contributed by atoms with Crippen molar-refractivity contribution in [2.75, 3.05) is 26.9 Å². The van der Waals surface area contributed by atoms with Gasteiger partial charge < -0.3 is 24.3 Å². The Labute approximate surface area is 131 Å². The van der Waals surface area contributed by atoms with E-state index in [2.05, 4.69) is 6.58 Å². The molecule has 0 fully saturated rings. The molecule has 0 radical (unpaired) electrons. The molecule has 0 unspecified atom stereocenters. The van der Waals surface area contributed by atoms with Crippen molar-refractivity contribution >= 4 is 7.12 Å². The highest BCUT2D eigenvalue weighted by Gasteiger charge is 2.31. The fourth-order valence-corrected chi connectivity index (χ4v) is 2.43. The zero-order valence-corrected chi connectivity index (χ0v) is 12.7. The Hall–Kier alpha value is -1.60. The van der Waals surface area contributed by atoms with E-state index in [0.29, 0.717) is 29.8 Å². The minimum Gasteiger partial charge on any atom is -0.491 e. The Bertz CT molecular complexity index is 543. The lowest BCUT2D eigenvalue weighted by Crippen LogP contribution is -2.29. The van der Waals surface area contributed by atoms with Gasteiger partial charge in [-0.1, -0.05) is 30.9 Å². The van der Waals surface area contributed by atoms with Crippen molar-refractivity contribution < 1.29 is 24.3 Å². The van der Waals surface area contributed by atoms with Crippen molar-refractivity contribution in [3.05, 3.63) is 53.5 Å². The summed E-state index contributed by atoms with van der Waals surface area (Å²) in [5.41, 5.74) is 2.22. The van der Waals surface area contributed by atoms with Crippen LogP contribution < -0.4 is 4.74 Å². The summed E-state index contributed by atoms with van der Waals surface area (Å²) in [5, 5.41) is 19.1. The van der Waals surface area contributed by atoms with Gasteiger partial charge in [-0.15, -0.1) is 0 Å². The van der Waals surface area contributed by atoms with Crippen LogP contribution in [0.3, 0.4) is 0 Å². The van der Waals surface area contributed by atoms with Gasteiger partial charge in [-0.3, -0.25) is 0 Å². The lowest BCUT2D eigenvalue weighted by atomic mass is 9.71. The van der Waals surface area contributed by atoms with Gasteiger partial charge in [-0.25, -0.2) is 0 Å². The second kappa shape index (κ2) is 8.15. The molecule has 22 heavy (non-hydrogen) atoms. The number of aliphatic hydroxyl groups excluding tert-OH is 1. The topological polar surface area (TPSA) is 68.2 Å². The molecule has 2 rings (SSSR count). The quantitative estimate of drug-likeness (QED) is 0.750. The first-order chi connectivity index (χ1) is 10.7. The predicted molar refractivity (Wildman–Crippen MR) is 84.5 cm³/mol. The van der Waals surface area contributed by atoms with E-state index in [1.54, 1.807) is 7.11 Å². The Kier molecular flexibility index (Phi) is 6.21. The van der Waals surface area contributed by atoms with Crippen molar-refractivity contribution in [1.29, 1.82) is 0 Å². The van der Waals surface area contributed by atoms with Crippen molar-refractivity contribution in [3.63, 3.8) is 0 Å². The molecule has 5 nitrogen and oxygen atoms in total. The third kappa shape index (κ3) is 3.98. The molecule has 1 aliphatic rings. The first-order valence-corrected chi connectivity index (χ1v) is 7.20. The maximum atomic E-state index is 10.2. The largest absolute Gasteiger partial charge is 0.491 e. The Morgan fingerprint density at radius 1 is 1.45 bits per heavy atom. The lowest BCUT2D eigenvalue weighted by molar-refractivity contribution is 0.156. The summed E-state index contributed by atoms with van der Waals surface area (Å²) < 4.78 is 16.2. The van der Waals surface area contributed by atoms with E-state index in [1.807, 2.05) is 30.3 Å². The van der Waals surface area contributed by atoms with Crippen LogP contribution in [0.25, 0.3) is 0 Å². The van der Waals surface area contributed by atoms with Gasteiger partial charge in [0.25, 0.3) is 0 Å². The number of methoxy groups -OCH3 is 1. The van der Waals surface area contributed by atoms with Gasteiger partial charge in [0, 0.05) is 12.7 Å². The lowest BCUT2D eigenvalue weighted by Gasteiger charge is -2.27. The van der Waals surface area contributed by atoms with Crippen molar-refractivity contribution in [2.45, 2.75) is 12.5 Å². The average molecular weight is 304 g/mol. The van der Waals surface area contributed by atoms with Gasteiger partial charge in [-0.05, 0) is 23.5 Å². The third-order valence-electron chi connectivity index (χ3n) is 3.45. The molecular weight excluding hydrogens is 283 g/mol. The molecule has 0 aromatic heterocycles. The second-order valence-electron chi connectivity index (χ2n) is 5.02. The maximum Gasteiger partial charge on any atom is 0.491 e. The summed E-state index contributed by atoms with van der Waals surface area (Å²) in [5.74, 6) is 0.654. The van der Waals surface area contributed by atoms with Crippen LogP contribution in [0.1, 0.15) is 18.1 Å². The van der Waals surface area contributed by atoms with Gasteiger partial charge >= 0.3 is 7.12 Å². The fourth-order valence-electron chi connectivity index (χ4n) is 2.43. The molecule has 1 aliphatic heterocycles. The summed E-state index contributed by atoms with van der Waals surface area (Å²) in [7, 11) is 0.548. The smallest absolute Gasteiger partial charge is 0.491 e. The van der Waals surface area contributed by atoms with E-state index in [-0.39, 0.29) is 19.3 Å². The Morgan fingerprint density at radius 3 is 2.91 bits per heavy atom. The zero-order valence-electron chi connectivity index (χ0n) is 12.7. The highest BCUT2D eigenvalue weighted by Crippen LogP contribution is 2.35. The SMILES string of the molecule is C=C(COC)C1=CC[C@H](c2ccccc2OCCO)OB1O. The number of benzene rings is 1. The maximum absolute atomic E-state index is 10.2. The van der Waals surface area contributed by atoms with Gasteiger partial charge in [0.2, 0.25) is 0 Å². The predicted octanol–water partition coefficient (Wildman–Crippen LogP) is 1.67. The first-order valence-electron chi connectivity index (χ1n) is 7.20. The van der Waals surface area contributed by atoms with Crippen LogP contribution in [-0.4, -0.2) is 44.2 Å². The molecule has 0 aliphatic carbocycles.